The van der Waals surface area contributed by atoms with Gasteiger partial charge in [0.05, 0.1) is 6.10 Å². The zero-order valence-electron chi connectivity index (χ0n) is 8.51. The minimum atomic E-state index is -0.0750. The third-order valence-electron chi connectivity index (χ3n) is 2.49. The Kier molecular flexibility index (Phi) is 4.22. The number of ether oxygens (including phenoxy) is 1. The molecule has 0 bridgehead atoms. The van der Waals surface area contributed by atoms with Gasteiger partial charge in [0.1, 0.15) is 6.04 Å². The third-order valence-corrected chi connectivity index (χ3v) is 2.49. The SMILES string of the molecule is CCC(C)OC(=O)[C@@H]1CCCCN1. The molecule has 1 saturated heterocycles. The molecule has 0 spiro atoms. The van der Waals surface area contributed by atoms with Gasteiger partial charge < -0.3 is 10.1 Å². The van der Waals surface area contributed by atoms with E-state index in [9.17, 15) is 4.79 Å². The molecule has 1 fully saturated rings. The van der Waals surface area contributed by atoms with Crippen molar-refractivity contribution in [2.45, 2.75) is 51.7 Å². The Morgan fingerprint density at radius 1 is 1.62 bits per heavy atom. The van der Waals surface area contributed by atoms with Gasteiger partial charge >= 0.3 is 5.97 Å². The smallest absolute Gasteiger partial charge is 0.323 e. The van der Waals surface area contributed by atoms with Gasteiger partial charge in [-0.25, -0.2) is 0 Å². The number of hydrogen-bond acceptors (Lipinski definition) is 3. The van der Waals surface area contributed by atoms with Crippen LogP contribution in [0.3, 0.4) is 0 Å². The summed E-state index contributed by atoms with van der Waals surface area (Å²) in [6.07, 6.45) is 4.17. The van der Waals surface area contributed by atoms with Crippen LogP contribution in [0.25, 0.3) is 0 Å². The molecule has 0 aliphatic carbocycles. The highest BCUT2D eigenvalue weighted by atomic mass is 16.5. The van der Waals surface area contributed by atoms with Crippen molar-refractivity contribution in [3.8, 4) is 0 Å². The van der Waals surface area contributed by atoms with Crippen molar-refractivity contribution in [2.24, 2.45) is 0 Å². The van der Waals surface area contributed by atoms with Gasteiger partial charge in [-0.3, -0.25) is 4.79 Å². The summed E-state index contributed by atoms with van der Waals surface area (Å²) < 4.78 is 5.24. The lowest BCUT2D eigenvalue weighted by molar-refractivity contribution is -0.151. The van der Waals surface area contributed by atoms with Gasteiger partial charge in [0.15, 0.2) is 0 Å². The second-order valence-corrected chi connectivity index (χ2v) is 3.66. The fourth-order valence-electron chi connectivity index (χ4n) is 1.42. The first kappa shape index (κ1) is 10.5. The van der Waals surface area contributed by atoms with E-state index in [1.807, 2.05) is 13.8 Å². The van der Waals surface area contributed by atoms with Crippen LogP contribution >= 0.6 is 0 Å². The number of rotatable bonds is 3. The fourth-order valence-corrected chi connectivity index (χ4v) is 1.42. The Hall–Kier alpha value is -0.570. The van der Waals surface area contributed by atoms with Crippen molar-refractivity contribution in [3.63, 3.8) is 0 Å². The summed E-state index contributed by atoms with van der Waals surface area (Å²) in [5.41, 5.74) is 0. The molecule has 1 heterocycles. The Labute approximate surface area is 79.8 Å². The number of carbonyl (C=O) groups excluding carboxylic acids is 1. The van der Waals surface area contributed by atoms with Gasteiger partial charge in [-0.05, 0) is 32.7 Å². The quantitative estimate of drug-likeness (QED) is 0.677. The summed E-state index contributed by atoms with van der Waals surface area (Å²) >= 11 is 0. The molecular weight excluding hydrogens is 166 g/mol. The Bertz CT molecular complexity index is 164. The predicted octanol–water partition coefficient (Wildman–Crippen LogP) is 1.47. The average Bonchev–Trinajstić information content (AvgIpc) is 2.19. The largest absolute Gasteiger partial charge is 0.462 e. The van der Waals surface area contributed by atoms with E-state index in [1.165, 1.54) is 6.42 Å². The summed E-state index contributed by atoms with van der Waals surface area (Å²) in [4.78, 5) is 11.5. The van der Waals surface area contributed by atoms with Gasteiger partial charge in [0.25, 0.3) is 0 Å². The second kappa shape index (κ2) is 5.22. The molecule has 0 radical (unpaired) electrons. The zero-order chi connectivity index (χ0) is 9.68. The Balaban J connectivity index is 2.29. The van der Waals surface area contributed by atoms with E-state index in [2.05, 4.69) is 5.32 Å². The topological polar surface area (TPSA) is 38.3 Å². The van der Waals surface area contributed by atoms with Crippen molar-refractivity contribution >= 4 is 5.97 Å². The molecule has 1 rings (SSSR count). The Morgan fingerprint density at radius 3 is 2.92 bits per heavy atom. The summed E-state index contributed by atoms with van der Waals surface area (Å²) in [6, 6.07) is -0.0530. The van der Waals surface area contributed by atoms with Gasteiger partial charge in [-0.1, -0.05) is 13.3 Å². The summed E-state index contributed by atoms with van der Waals surface area (Å²) in [5, 5.41) is 3.17. The number of nitrogens with one attached hydrogen (secondary N) is 1. The number of piperidine rings is 1. The van der Waals surface area contributed by atoms with Crippen molar-refractivity contribution in [1.29, 1.82) is 0 Å². The minimum Gasteiger partial charge on any atom is -0.462 e. The van der Waals surface area contributed by atoms with Crippen LogP contribution in [0.4, 0.5) is 0 Å². The van der Waals surface area contributed by atoms with Crippen molar-refractivity contribution < 1.29 is 9.53 Å². The van der Waals surface area contributed by atoms with Crippen molar-refractivity contribution in [2.75, 3.05) is 6.54 Å². The standard InChI is InChI=1S/C10H19NO2/c1-3-8(2)13-10(12)9-6-4-5-7-11-9/h8-9,11H,3-7H2,1-2H3/t8?,9-/m0/s1. The molecule has 0 aromatic heterocycles. The number of esters is 1. The lowest BCUT2D eigenvalue weighted by Gasteiger charge is -2.23. The molecule has 1 aliphatic rings. The van der Waals surface area contributed by atoms with Gasteiger partial charge in [0, 0.05) is 0 Å². The molecule has 13 heavy (non-hydrogen) atoms. The molecule has 0 saturated carbocycles. The molecule has 76 valence electrons. The summed E-state index contributed by atoms with van der Waals surface area (Å²) in [5.74, 6) is -0.0750. The molecule has 1 aliphatic heterocycles. The maximum Gasteiger partial charge on any atom is 0.323 e. The van der Waals surface area contributed by atoms with Gasteiger partial charge in [-0.15, -0.1) is 0 Å². The lowest BCUT2D eigenvalue weighted by atomic mass is 10.1. The predicted molar refractivity (Wildman–Crippen MR) is 51.5 cm³/mol. The zero-order valence-corrected chi connectivity index (χ0v) is 8.51. The van der Waals surface area contributed by atoms with Crippen LogP contribution in [-0.4, -0.2) is 24.7 Å². The van der Waals surface area contributed by atoms with E-state index < -0.39 is 0 Å². The molecular formula is C10H19NO2. The Morgan fingerprint density at radius 2 is 2.38 bits per heavy atom. The van der Waals surface area contributed by atoms with Crippen LogP contribution in [0.2, 0.25) is 0 Å². The minimum absolute atomic E-state index is 0.0521. The van der Waals surface area contributed by atoms with Crippen LogP contribution in [-0.2, 0) is 9.53 Å². The highest BCUT2D eigenvalue weighted by Crippen LogP contribution is 2.09. The highest BCUT2D eigenvalue weighted by Gasteiger charge is 2.22. The molecule has 2 atom stereocenters. The average molecular weight is 185 g/mol. The molecule has 0 amide bonds. The van der Waals surface area contributed by atoms with Crippen molar-refractivity contribution in [1.82, 2.24) is 5.32 Å². The summed E-state index contributed by atoms with van der Waals surface area (Å²) in [6.45, 7) is 4.90. The molecule has 3 heteroatoms. The molecule has 1 unspecified atom stereocenters. The lowest BCUT2D eigenvalue weighted by Crippen LogP contribution is -2.42. The van der Waals surface area contributed by atoms with Crippen LogP contribution in [0, 0.1) is 0 Å². The maximum atomic E-state index is 11.5. The van der Waals surface area contributed by atoms with E-state index in [4.69, 9.17) is 4.74 Å². The molecule has 0 aromatic rings. The van der Waals surface area contributed by atoms with E-state index >= 15 is 0 Å². The van der Waals surface area contributed by atoms with Crippen LogP contribution in [0.15, 0.2) is 0 Å². The molecule has 1 N–H and O–H groups in total. The first-order valence-corrected chi connectivity index (χ1v) is 5.18. The number of hydrogen-bond donors (Lipinski definition) is 1. The third kappa shape index (κ3) is 3.35. The highest BCUT2D eigenvalue weighted by molar-refractivity contribution is 5.76. The van der Waals surface area contributed by atoms with Gasteiger partial charge in [-0.2, -0.15) is 0 Å². The van der Waals surface area contributed by atoms with Crippen molar-refractivity contribution in [3.05, 3.63) is 0 Å². The monoisotopic (exact) mass is 185 g/mol. The number of carbonyl (C=O) groups is 1. The second-order valence-electron chi connectivity index (χ2n) is 3.66. The van der Waals surface area contributed by atoms with E-state index in [-0.39, 0.29) is 18.1 Å². The van der Waals surface area contributed by atoms with E-state index in [0.717, 1.165) is 25.8 Å². The van der Waals surface area contributed by atoms with E-state index in [1.54, 1.807) is 0 Å². The van der Waals surface area contributed by atoms with Gasteiger partial charge in [0.2, 0.25) is 0 Å². The first-order valence-electron chi connectivity index (χ1n) is 5.18. The summed E-state index contributed by atoms with van der Waals surface area (Å²) in [7, 11) is 0. The fraction of sp³-hybridized carbons (Fsp3) is 0.900. The molecule has 3 nitrogen and oxygen atoms in total. The van der Waals surface area contributed by atoms with Crippen LogP contribution in [0.1, 0.15) is 39.5 Å². The van der Waals surface area contributed by atoms with Crippen LogP contribution < -0.4 is 5.32 Å². The molecule has 0 aromatic carbocycles. The first-order chi connectivity index (χ1) is 6.24. The van der Waals surface area contributed by atoms with Crippen LogP contribution in [0.5, 0.6) is 0 Å². The maximum absolute atomic E-state index is 11.5. The normalized spacial score (nSPS) is 25.2. The van der Waals surface area contributed by atoms with E-state index in [0.29, 0.717) is 0 Å².